The van der Waals surface area contributed by atoms with E-state index in [9.17, 15) is 9.59 Å². The molecule has 1 aliphatic heterocycles. The topological polar surface area (TPSA) is 69.9 Å². The van der Waals surface area contributed by atoms with Gasteiger partial charge in [-0.2, -0.15) is 0 Å². The number of nitrogens with two attached hydrogens (primary N) is 1. The molecule has 1 atom stereocenters. The van der Waals surface area contributed by atoms with Crippen molar-refractivity contribution in [2.45, 2.75) is 51.1 Å². The molecule has 6 nitrogen and oxygen atoms in total. The second-order valence-electron chi connectivity index (χ2n) is 7.07. The Kier molecular flexibility index (Phi) is 4.57. The average Bonchev–Trinajstić information content (AvgIpc) is 3.31. The number of nitrogens with zero attached hydrogens (tertiary/aromatic N) is 3. The molecule has 22 heavy (non-hydrogen) atoms. The minimum Gasteiger partial charge on any atom is -0.351 e. The Hall–Kier alpha value is -1.30. The van der Waals surface area contributed by atoms with E-state index in [2.05, 4.69) is 16.7 Å². The molecule has 0 aromatic heterocycles. The van der Waals surface area contributed by atoms with Gasteiger partial charge in [0.1, 0.15) is 0 Å². The summed E-state index contributed by atoms with van der Waals surface area (Å²) in [6.45, 7) is 5.64. The highest BCUT2D eigenvalue weighted by Crippen LogP contribution is 2.39. The fourth-order valence-corrected chi connectivity index (χ4v) is 3.54. The Morgan fingerprint density at radius 2 is 1.86 bits per heavy atom. The highest BCUT2D eigenvalue weighted by molar-refractivity contribution is 5.79. The summed E-state index contributed by atoms with van der Waals surface area (Å²) in [6.07, 6.45) is 5.76. The van der Waals surface area contributed by atoms with Crippen molar-refractivity contribution in [2.24, 2.45) is 11.7 Å². The third kappa shape index (κ3) is 3.72. The number of urea groups is 1. The monoisotopic (exact) mass is 308 g/mol. The maximum Gasteiger partial charge on any atom is 0.314 e. The van der Waals surface area contributed by atoms with E-state index in [0.29, 0.717) is 31.7 Å². The van der Waals surface area contributed by atoms with Crippen LogP contribution >= 0.6 is 0 Å². The molecular formula is C16H28N4O2. The van der Waals surface area contributed by atoms with Gasteiger partial charge in [-0.3, -0.25) is 9.69 Å². The summed E-state index contributed by atoms with van der Waals surface area (Å²) in [6, 6.07) is 0.529. The van der Waals surface area contributed by atoms with Gasteiger partial charge in [0.2, 0.25) is 5.91 Å². The second-order valence-corrected chi connectivity index (χ2v) is 7.07. The molecule has 2 aliphatic carbocycles. The lowest BCUT2D eigenvalue weighted by Crippen LogP contribution is -2.47. The molecule has 2 saturated carbocycles. The van der Waals surface area contributed by atoms with Gasteiger partial charge in [0.25, 0.3) is 0 Å². The van der Waals surface area contributed by atoms with E-state index >= 15 is 0 Å². The van der Waals surface area contributed by atoms with Gasteiger partial charge in [-0.25, -0.2) is 4.79 Å². The van der Waals surface area contributed by atoms with Crippen LogP contribution in [0.3, 0.4) is 0 Å². The molecule has 3 fully saturated rings. The molecule has 3 aliphatic rings. The van der Waals surface area contributed by atoms with Gasteiger partial charge in [0.05, 0.1) is 6.54 Å². The maximum atomic E-state index is 12.8. The van der Waals surface area contributed by atoms with E-state index < -0.39 is 0 Å². The van der Waals surface area contributed by atoms with Gasteiger partial charge in [0, 0.05) is 38.3 Å². The first kappa shape index (κ1) is 15.6. The first-order valence-electron chi connectivity index (χ1n) is 8.64. The van der Waals surface area contributed by atoms with E-state index in [4.69, 9.17) is 5.73 Å². The Balaban J connectivity index is 1.54. The molecule has 2 N–H and O–H groups in total. The van der Waals surface area contributed by atoms with Crippen molar-refractivity contribution in [3.8, 4) is 0 Å². The zero-order chi connectivity index (χ0) is 15.7. The molecule has 3 rings (SSSR count). The molecule has 124 valence electrons. The summed E-state index contributed by atoms with van der Waals surface area (Å²) < 4.78 is 0. The molecule has 0 spiro atoms. The predicted octanol–water partition coefficient (Wildman–Crippen LogP) is 0.862. The molecule has 1 heterocycles. The molecule has 0 aromatic rings. The number of hydrogen-bond donors (Lipinski definition) is 1. The van der Waals surface area contributed by atoms with Gasteiger partial charge in [-0.1, -0.05) is 0 Å². The Morgan fingerprint density at radius 1 is 1.14 bits per heavy atom. The van der Waals surface area contributed by atoms with Crippen LogP contribution in [0, 0.1) is 5.92 Å². The molecule has 6 heteroatoms. The van der Waals surface area contributed by atoms with Crippen molar-refractivity contribution in [1.82, 2.24) is 14.7 Å². The largest absolute Gasteiger partial charge is 0.351 e. The van der Waals surface area contributed by atoms with E-state index in [1.165, 1.54) is 12.8 Å². The standard InChI is InChI=1S/C16H28N4O2/c1-12(13-3-4-13)20(14-5-6-14)15(21)11-18-7-2-8-19(10-9-18)16(17)22/h12-14H,2-11H2,1H3,(H2,17,22). The SMILES string of the molecule is CC(C1CC1)N(C(=O)CN1CCCN(C(N)=O)CC1)C1CC1. The van der Waals surface area contributed by atoms with E-state index in [1.54, 1.807) is 4.90 Å². The normalized spacial score (nSPS) is 24.7. The Morgan fingerprint density at radius 3 is 2.45 bits per heavy atom. The molecule has 0 aromatic carbocycles. The van der Waals surface area contributed by atoms with Gasteiger partial charge in [-0.15, -0.1) is 0 Å². The van der Waals surface area contributed by atoms with E-state index in [1.807, 2.05) is 0 Å². The van der Waals surface area contributed by atoms with Crippen LogP contribution in [0.5, 0.6) is 0 Å². The zero-order valence-corrected chi connectivity index (χ0v) is 13.5. The van der Waals surface area contributed by atoms with Crippen molar-refractivity contribution < 1.29 is 9.59 Å². The van der Waals surface area contributed by atoms with Crippen LogP contribution in [-0.2, 0) is 4.79 Å². The summed E-state index contributed by atoms with van der Waals surface area (Å²) in [5, 5.41) is 0. The summed E-state index contributed by atoms with van der Waals surface area (Å²) >= 11 is 0. The first-order chi connectivity index (χ1) is 10.6. The Bertz CT molecular complexity index is 434. The van der Waals surface area contributed by atoms with Crippen LogP contribution in [0.1, 0.15) is 39.0 Å². The van der Waals surface area contributed by atoms with Gasteiger partial charge in [0.15, 0.2) is 0 Å². The van der Waals surface area contributed by atoms with E-state index in [0.717, 1.165) is 38.3 Å². The molecule has 0 bridgehead atoms. The summed E-state index contributed by atoms with van der Waals surface area (Å²) in [5.41, 5.74) is 5.35. The van der Waals surface area contributed by atoms with Crippen molar-refractivity contribution in [1.29, 1.82) is 0 Å². The lowest BCUT2D eigenvalue weighted by Gasteiger charge is -2.32. The minimum absolute atomic E-state index is 0.273. The molecule has 1 saturated heterocycles. The maximum absolute atomic E-state index is 12.8. The number of carbonyl (C=O) groups excluding carboxylic acids is 2. The zero-order valence-electron chi connectivity index (χ0n) is 13.5. The highest BCUT2D eigenvalue weighted by Gasteiger charge is 2.41. The third-order valence-electron chi connectivity index (χ3n) is 5.23. The molecule has 0 radical (unpaired) electrons. The summed E-state index contributed by atoms with van der Waals surface area (Å²) in [7, 11) is 0. The third-order valence-corrected chi connectivity index (χ3v) is 5.23. The lowest BCUT2D eigenvalue weighted by atomic mass is 10.1. The number of hydrogen-bond acceptors (Lipinski definition) is 3. The summed E-state index contributed by atoms with van der Waals surface area (Å²) in [4.78, 5) is 30.1. The summed E-state index contributed by atoms with van der Waals surface area (Å²) in [5.74, 6) is 0.994. The number of carbonyl (C=O) groups is 2. The number of amides is 3. The number of primary amides is 1. The van der Waals surface area contributed by atoms with Gasteiger partial charge >= 0.3 is 6.03 Å². The van der Waals surface area contributed by atoms with Crippen LogP contribution in [0.4, 0.5) is 4.79 Å². The van der Waals surface area contributed by atoms with Crippen LogP contribution < -0.4 is 5.73 Å². The van der Waals surface area contributed by atoms with Crippen molar-refractivity contribution in [3.63, 3.8) is 0 Å². The van der Waals surface area contributed by atoms with Crippen molar-refractivity contribution >= 4 is 11.9 Å². The molecular weight excluding hydrogens is 280 g/mol. The highest BCUT2D eigenvalue weighted by atomic mass is 16.2. The first-order valence-corrected chi connectivity index (χ1v) is 8.64. The smallest absolute Gasteiger partial charge is 0.314 e. The molecule has 3 amide bonds. The Labute approximate surface area is 132 Å². The van der Waals surface area contributed by atoms with Crippen LogP contribution in [0.25, 0.3) is 0 Å². The fourth-order valence-electron chi connectivity index (χ4n) is 3.54. The average molecular weight is 308 g/mol. The second kappa shape index (κ2) is 6.44. The quantitative estimate of drug-likeness (QED) is 0.819. The van der Waals surface area contributed by atoms with Crippen LogP contribution in [0.15, 0.2) is 0 Å². The molecule has 1 unspecified atom stereocenters. The van der Waals surface area contributed by atoms with Gasteiger partial charge in [-0.05, 0) is 44.9 Å². The van der Waals surface area contributed by atoms with Crippen LogP contribution in [0.2, 0.25) is 0 Å². The number of rotatable bonds is 5. The van der Waals surface area contributed by atoms with Crippen molar-refractivity contribution in [2.75, 3.05) is 32.7 Å². The lowest BCUT2D eigenvalue weighted by molar-refractivity contribution is -0.135. The van der Waals surface area contributed by atoms with Gasteiger partial charge < -0.3 is 15.5 Å². The fraction of sp³-hybridized carbons (Fsp3) is 0.875. The van der Waals surface area contributed by atoms with Crippen molar-refractivity contribution in [3.05, 3.63) is 0 Å². The minimum atomic E-state index is -0.352. The predicted molar refractivity (Wildman–Crippen MR) is 84.3 cm³/mol. The van der Waals surface area contributed by atoms with E-state index in [-0.39, 0.29) is 11.9 Å². The van der Waals surface area contributed by atoms with Crippen LogP contribution in [-0.4, -0.2) is 71.4 Å².